The summed E-state index contributed by atoms with van der Waals surface area (Å²) in [5.41, 5.74) is 9.24. The van der Waals surface area contributed by atoms with Gasteiger partial charge in [0, 0.05) is 5.56 Å². The minimum absolute atomic E-state index is 0.737. The first-order valence-electron chi connectivity index (χ1n) is 5.02. The zero-order valence-corrected chi connectivity index (χ0v) is 9.07. The molecule has 0 unspecified atom stereocenters. The number of nitrogens with two attached hydrogens (primary N) is 1. The molecule has 0 aliphatic heterocycles. The van der Waals surface area contributed by atoms with Gasteiger partial charge in [0.1, 0.15) is 5.82 Å². The number of nitrogens with zero attached hydrogens (tertiary/aromatic N) is 2. The maximum atomic E-state index is 5.95. The third-order valence-electron chi connectivity index (χ3n) is 2.65. The average Bonchev–Trinajstić information content (AvgIpc) is 2.48. The largest absolute Gasteiger partial charge is 0.384 e. The second-order valence-electron chi connectivity index (χ2n) is 3.74. The first-order valence-corrected chi connectivity index (χ1v) is 5.02. The van der Waals surface area contributed by atoms with Crippen LogP contribution < -0.4 is 5.73 Å². The molecule has 0 aliphatic carbocycles. The van der Waals surface area contributed by atoms with Crippen molar-refractivity contribution in [3.63, 3.8) is 0 Å². The van der Waals surface area contributed by atoms with Crippen molar-refractivity contribution < 1.29 is 0 Å². The number of hydrogen-bond acceptors (Lipinski definition) is 2. The lowest BCUT2D eigenvalue weighted by Crippen LogP contribution is -2.06. The smallest absolute Gasteiger partial charge is 0.125 e. The van der Waals surface area contributed by atoms with Crippen molar-refractivity contribution >= 4 is 5.82 Å². The number of benzene rings is 1. The number of rotatable bonds is 2. The molecule has 3 nitrogen and oxygen atoms in total. The number of anilines is 1. The first-order chi connectivity index (χ1) is 7.18. The average molecular weight is 201 g/mol. The van der Waals surface area contributed by atoms with Crippen LogP contribution in [0.25, 0.3) is 0 Å². The monoisotopic (exact) mass is 201 g/mol. The van der Waals surface area contributed by atoms with Crippen molar-refractivity contribution in [3.8, 4) is 0 Å². The van der Waals surface area contributed by atoms with Crippen LogP contribution in [0.3, 0.4) is 0 Å². The lowest BCUT2D eigenvalue weighted by molar-refractivity contribution is 0.689. The summed E-state index contributed by atoms with van der Waals surface area (Å²) >= 11 is 0. The number of aryl methyl sites for hydroxylation is 1. The van der Waals surface area contributed by atoms with Gasteiger partial charge < -0.3 is 5.73 Å². The van der Waals surface area contributed by atoms with Gasteiger partial charge in [-0.3, -0.25) is 0 Å². The molecule has 0 radical (unpaired) electrons. The summed E-state index contributed by atoms with van der Waals surface area (Å²) in [5.74, 6) is 0.761. The minimum Gasteiger partial charge on any atom is -0.384 e. The molecule has 15 heavy (non-hydrogen) atoms. The molecule has 0 atom stereocenters. The third kappa shape index (κ3) is 1.86. The van der Waals surface area contributed by atoms with Crippen molar-refractivity contribution in [1.29, 1.82) is 0 Å². The van der Waals surface area contributed by atoms with E-state index in [9.17, 15) is 0 Å². The molecule has 0 saturated carbocycles. The molecule has 78 valence electrons. The molecule has 3 heteroatoms. The Morgan fingerprint density at radius 3 is 2.40 bits per heavy atom. The summed E-state index contributed by atoms with van der Waals surface area (Å²) in [6, 6.07) is 10.2. The van der Waals surface area contributed by atoms with Crippen molar-refractivity contribution in [3.05, 3.63) is 47.2 Å². The van der Waals surface area contributed by atoms with Crippen molar-refractivity contribution in [2.45, 2.75) is 20.4 Å². The van der Waals surface area contributed by atoms with E-state index in [1.165, 1.54) is 5.56 Å². The van der Waals surface area contributed by atoms with Gasteiger partial charge in [-0.25, -0.2) is 4.68 Å². The summed E-state index contributed by atoms with van der Waals surface area (Å²) in [4.78, 5) is 0. The van der Waals surface area contributed by atoms with E-state index in [0.29, 0.717) is 0 Å². The van der Waals surface area contributed by atoms with E-state index in [2.05, 4.69) is 17.2 Å². The number of hydrogen-bond donors (Lipinski definition) is 1. The molecule has 1 aromatic heterocycles. The fourth-order valence-electron chi connectivity index (χ4n) is 1.57. The van der Waals surface area contributed by atoms with Gasteiger partial charge >= 0.3 is 0 Å². The molecule has 0 fully saturated rings. The Morgan fingerprint density at radius 2 is 1.87 bits per heavy atom. The quantitative estimate of drug-likeness (QED) is 0.808. The highest BCUT2D eigenvalue weighted by Gasteiger charge is 2.07. The van der Waals surface area contributed by atoms with Gasteiger partial charge in [-0.2, -0.15) is 5.10 Å². The van der Waals surface area contributed by atoms with Crippen LogP contribution in [0.5, 0.6) is 0 Å². The highest BCUT2D eigenvalue weighted by atomic mass is 15.3. The summed E-state index contributed by atoms with van der Waals surface area (Å²) in [6.45, 7) is 4.72. The molecule has 0 aliphatic rings. The van der Waals surface area contributed by atoms with Crippen molar-refractivity contribution in [2.24, 2.45) is 0 Å². The molecule has 0 spiro atoms. The molecular weight excluding hydrogens is 186 g/mol. The molecule has 1 heterocycles. The van der Waals surface area contributed by atoms with E-state index in [1.807, 2.05) is 36.7 Å². The van der Waals surface area contributed by atoms with Crippen LogP contribution in [0.1, 0.15) is 16.8 Å². The maximum absolute atomic E-state index is 5.95. The molecule has 0 bridgehead atoms. The highest BCUT2D eigenvalue weighted by molar-refractivity contribution is 5.42. The fourth-order valence-corrected chi connectivity index (χ4v) is 1.57. The number of nitrogen functional groups attached to an aromatic ring is 1. The Balaban J connectivity index is 2.29. The summed E-state index contributed by atoms with van der Waals surface area (Å²) in [6.07, 6.45) is 0. The molecule has 2 rings (SSSR count). The molecular formula is C12H15N3. The zero-order chi connectivity index (χ0) is 10.8. The van der Waals surface area contributed by atoms with Gasteiger partial charge in [0.25, 0.3) is 0 Å². The van der Waals surface area contributed by atoms with Crippen molar-refractivity contribution in [2.75, 3.05) is 5.73 Å². The van der Waals surface area contributed by atoms with E-state index < -0.39 is 0 Å². The highest BCUT2D eigenvalue weighted by Crippen LogP contribution is 2.15. The maximum Gasteiger partial charge on any atom is 0.125 e. The fraction of sp³-hybridized carbons (Fsp3) is 0.250. The molecule has 2 N–H and O–H groups in total. The third-order valence-corrected chi connectivity index (χ3v) is 2.65. The second kappa shape index (κ2) is 3.77. The van der Waals surface area contributed by atoms with Gasteiger partial charge in [0.15, 0.2) is 0 Å². The van der Waals surface area contributed by atoms with Crippen LogP contribution in [0, 0.1) is 13.8 Å². The second-order valence-corrected chi connectivity index (χ2v) is 3.74. The van der Waals surface area contributed by atoms with E-state index in [0.717, 1.165) is 23.6 Å². The van der Waals surface area contributed by atoms with Gasteiger partial charge in [0.05, 0.1) is 12.2 Å². The van der Waals surface area contributed by atoms with E-state index in [-0.39, 0.29) is 0 Å². The predicted molar refractivity (Wildman–Crippen MR) is 61.7 cm³/mol. The standard InChI is InChI=1S/C12H15N3/c1-9-10(2)14-15(12(9)13)8-11-6-4-3-5-7-11/h3-7H,8,13H2,1-2H3. The van der Waals surface area contributed by atoms with Crippen LogP contribution in [0.4, 0.5) is 5.82 Å². The lowest BCUT2D eigenvalue weighted by Gasteiger charge is -2.03. The SMILES string of the molecule is Cc1nn(Cc2ccccc2)c(N)c1C. The van der Waals surface area contributed by atoms with E-state index in [4.69, 9.17) is 5.73 Å². The van der Waals surface area contributed by atoms with Crippen LogP contribution in [0.2, 0.25) is 0 Å². The van der Waals surface area contributed by atoms with E-state index >= 15 is 0 Å². The van der Waals surface area contributed by atoms with Crippen LogP contribution >= 0.6 is 0 Å². The summed E-state index contributed by atoms with van der Waals surface area (Å²) in [7, 11) is 0. The van der Waals surface area contributed by atoms with Gasteiger partial charge in [-0.15, -0.1) is 0 Å². The van der Waals surface area contributed by atoms with Crippen molar-refractivity contribution in [1.82, 2.24) is 9.78 Å². The summed E-state index contributed by atoms with van der Waals surface area (Å²) in [5, 5.41) is 4.40. The molecule has 0 amide bonds. The van der Waals surface area contributed by atoms with Crippen LogP contribution in [-0.4, -0.2) is 9.78 Å². The molecule has 0 saturated heterocycles. The first kappa shape index (κ1) is 9.77. The van der Waals surface area contributed by atoms with Crippen LogP contribution in [-0.2, 0) is 6.54 Å². The van der Waals surface area contributed by atoms with Gasteiger partial charge in [-0.1, -0.05) is 30.3 Å². The van der Waals surface area contributed by atoms with Gasteiger partial charge in [-0.05, 0) is 19.4 Å². The molecule has 1 aromatic carbocycles. The lowest BCUT2D eigenvalue weighted by atomic mass is 10.2. The Kier molecular flexibility index (Phi) is 2.46. The summed E-state index contributed by atoms with van der Waals surface area (Å²) < 4.78 is 1.85. The van der Waals surface area contributed by atoms with E-state index in [1.54, 1.807) is 0 Å². The van der Waals surface area contributed by atoms with Gasteiger partial charge in [0.2, 0.25) is 0 Å². The normalized spacial score (nSPS) is 10.5. The van der Waals surface area contributed by atoms with Crippen LogP contribution in [0.15, 0.2) is 30.3 Å². The topological polar surface area (TPSA) is 43.8 Å². The Bertz CT molecular complexity index is 457. The number of aromatic nitrogens is 2. The Morgan fingerprint density at radius 1 is 1.20 bits per heavy atom. The zero-order valence-electron chi connectivity index (χ0n) is 9.07. The minimum atomic E-state index is 0.737. The predicted octanol–water partition coefficient (Wildman–Crippen LogP) is 2.13. The molecule has 2 aromatic rings. The Labute approximate surface area is 89.5 Å². The Hall–Kier alpha value is -1.77.